The van der Waals surface area contributed by atoms with Crippen molar-refractivity contribution in [2.24, 2.45) is 0 Å². The fourth-order valence-corrected chi connectivity index (χ4v) is 4.23. The molecule has 2 aromatic rings. The Morgan fingerprint density at radius 3 is 1.48 bits per heavy atom. The zero-order valence-corrected chi connectivity index (χ0v) is 15.8. The van der Waals surface area contributed by atoms with E-state index in [4.69, 9.17) is 24.4 Å². The maximum atomic E-state index is 5.32. The van der Waals surface area contributed by atoms with Gasteiger partial charge in [0.15, 0.2) is 0 Å². The summed E-state index contributed by atoms with van der Waals surface area (Å²) in [7, 11) is 0. The van der Waals surface area contributed by atoms with Gasteiger partial charge in [0.2, 0.25) is 0 Å². The van der Waals surface area contributed by atoms with Crippen LogP contribution < -0.4 is 10.6 Å². The number of hydrogen-bond acceptors (Lipinski definition) is 4. The Kier molecular flexibility index (Phi) is 8.46. The molecule has 6 heteroatoms. The first kappa shape index (κ1) is 18.3. The fourth-order valence-electron chi connectivity index (χ4n) is 1.78. The molecule has 0 unspecified atom stereocenters. The zero-order valence-electron chi connectivity index (χ0n) is 12.5. The summed E-state index contributed by atoms with van der Waals surface area (Å²) in [6.45, 7) is 1.52. The highest BCUT2D eigenvalue weighted by molar-refractivity contribution is 8.35. The molecule has 2 nitrogen and oxygen atoms in total. The van der Waals surface area contributed by atoms with Crippen molar-refractivity contribution in [3.8, 4) is 0 Å². The molecule has 0 spiro atoms. The molecule has 2 aromatic carbocycles. The fraction of sp³-hybridized carbons (Fsp3) is 0.176. The summed E-state index contributed by atoms with van der Waals surface area (Å²) in [5.74, 6) is 0. The first-order chi connectivity index (χ1) is 11.2. The average molecular weight is 379 g/mol. The van der Waals surface area contributed by atoms with Crippen LogP contribution >= 0.6 is 48.0 Å². The van der Waals surface area contributed by atoms with E-state index in [-0.39, 0.29) is 0 Å². The Morgan fingerprint density at radius 2 is 1.09 bits per heavy atom. The lowest BCUT2D eigenvalue weighted by Gasteiger charge is -2.09. The largest absolute Gasteiger partial charge is 0.367 e. The second-order valence-electron chi connectivity index (χ2n) is 4.66. The van der Waals surface area contributed by atoms with Gasteiger partial charge in [0.1, 0.15) is 8.64 Å². The summed E-state index contributed by atoms with van der Waals surface area (Å²) in [4.78, 5) is 0. The van der Waals surface area contributed by atoms with Crippen molar-refractivity contribution in [3.05, 3.63) is 71.8 Å². The average Bonchev–Trinajstić information content (AvgIpc) is 2.60. The standard InChI is InChI=1S/C17H18N2S4/c20-16(18-11-14-7-3-1-4-8-14)22-13-23-17(21)19-12-15-9-5-2-6-10-15/h1-10H,11-13H2,(H,18,20)(H,19,21). The van der Waals surface area contributed by atoms with Crippen LogP contribution in [0.4, 0.5) is 0 Å². The molecule has 0 aliphatic carbocycles. The maximum Gasteiger partial charge on any atom is 0.134 e. The highest BCUT2D eigenvalue weighted by Crippen LogP contribution is 2.14. The van der Waals surface area contributed by atoms with Gasteiger partial charge in [-0.05, 0) is 11.1 Å². The molecule has 2 rings (SSSR count). The van der Waals surface area contributed by atoms with Gasteiger partial charge in [0.25, 0.3) is 0 Å². The third-order valence-electron chi connectivity index (χ3n) is 2.94. The topological polar surface area (TPSA) is 24.1 Å². The molecule has 2 N–H and O–H groups in total. The van der Waals surface area contributed by atoms with Crippen LogP contribution in [0, 0.1) is 0 Å². The van der Waals surface area contributed by atoms with Crippen molar-refractivity contribution in [3.63, 3.8) is 0 Å². The van der Waals surface area contributed by atoms with Gasteiger partial charge in [-0.15, -0.1) is 0 Å². The van der Waals surface area contributed by atoms with E-state index in [2.05, 4.69) is 34.9 Å². The minimum Gasteiger partial charge on any atom is -0.367 e. The molecule has 0 amide bonds. The van der Waals surface area contributed by atoms with E-state index in [1.54, 1.807) is 23.5 Å². The van der Waals surface area contributed by atoms with Crippen molar-refractivity contribution in [2.45, 2.75) is 13.1 Å². The van der Waals surface area contributed by atoms with E-state index < -0.39 is 0 Å². The summed E-state index contributed by atoms with van der Waals surface area (Å²) in [5, 5.41) is 7.30. The molecule has 0 aromatic heterocycles. The number of nitrogens with one attached hydrogen (secondary N) is 2. The smallest absolute Gasteiger partial charge is 0.134 e. The predicted octanol–water partition coefficient (Wildman–Crippen LogP) is 4.56. The minimum absolute atomic E-state index is 0.758. The zero-order chi connectivity index (χ0) is 16.3. The molecular formula is C17H18N2S4. The van der Waals surface area contributed by atoms with Crippen molar-refractivity contribution in [1.82, 2.24) is 10.6 Å². The monoisotopic (exact) mass is 378 g/mol. The quantitative estimate of drug-likeness (QED) is 0.565. The summed E-state index contributed by atoms with van der Waals surface area (Å²) < 4.78 is 1.60. The Labute approximate surface area is 156 Å². The molecule has 0 atom stereocenters. The summed E-state index contributed by atoms with van der Waals surface area (Å²) in [6, 6.07) is 20.5. The van der Waals surface area contributed by atoms with E-state index in [9.17, 15) is 0 Å². The van der Waals surface area contributed by atoms with Crippen LogP contribution in [0.25, 0.3) is 0 Å². The van der Waals surface area contributed by atoms with E-state index in [1.165, 1.54) is 11.1 Å². The second kappa shape index (κ2) is 10.6. The van der Waals surface area contributed by atoms with Crippen molar-refractivity contribution < 1.29 is 0 Å². The van der Waals surface area contributed by atoms with Crippen molar-refractivity contribution in [1.29, 1.82) is 0 Å². The third kappa shape index (κ3) is 7.83. The lowest BCUT2D eigenvalue weighted by Crippen LogP contribution is -2.19. The third-order valence-corrected chi connectivity index (χ3v) is 5.69. The van der Waals surface area contributed by atoms with Crippen LogP contribution in [0.15, 0.2) is 60.7 Å². The summed E-state index contributed by atoms with van der Waals surface area (Å²) >= 11 is 13.8. The van der Waals surface area contributed by atoms with E-state index in [0.717, 1.165) is 26.8 Å². The molecule has 0 aliphatic heterocycles. The van der Waals surface area contributed by atoms with Crippen molar-refractivity contribution in [2.75, 3.05) is 5.08 Å². The molecule has 0 saturated carbocycles. The minimum atomic E-state index is 0.758. The highest BCUT2D eigenvalue weighted by Gasteiger charge is 2.01. The van der Waals surface area contributed by atoms with Gasteiger partial charge >= 0.3 is 0 Å². The predicted molar refractivity (Wildman–Crippen MR) is 112 cm³/mol. The summed E-state index contributed by atoms with van der Waals surface area (Å²) in [5.41, 5.74) is 2.45. The van der Waals surface area contributed by atoms with Gasteiger partial charge in [-0.1, -0.05) is 109 Å². The Hall–Kier alpha value is -1.08. The molecule has 0 heterocycles. The second-order valence-corrected chi connectivity index (χ2v) is 8.33. The molecule has 23 heavy (non-hydrogen) atoms. The highest BCUT2D eigenvalue weighted by atomic mass is 32.2. The van der Waals surface area contributed by atoms with Crippen LogP contribution in [-0.2, 0) is 13.1 Å². The van der Waals surface area contributed by atoms with Gasteiger partial charge in [-0.2, -0.15) is 0 Å². The van der Waals surface area contributed by atoms with Gasteiger partial charge in [0, 0.05) is 13.1 Å². The van der Waals surface area contributed by atoms with Gasteiger partial charge < -0.3 is 10.6 Å². The number of rotatable bonds is 6. The Bertz CT molecular complexity index is 562. The van der Waals surface area contributed by atoms with Crippen LogP contribution in [0.1, 0.15) is 11.1 Å². The van der Waals surface area contributed by atoms with Crippen LogP contribution in [0.3, 0.4) is 0 Å². The maximum absolute atomic E-state index is 5.32. The number of thioether (sulfide) groups is 2. The molecule has 0 radical (unpaired) electrons. The normalized spacial score (nSPS) is 10.1. The lowest BCUT2D eigenvalue weighted by molar-refractivity contribution is 0.939. The van der Waals surface area contributed by atoms with E-state index in [0.29, 0.717) is 0 Å². The SMILES string of the molecule is S=C(NCc1ccccc1)SCSC(=S)NCc1ccccc1. The number of benzene rings is 2. The molecule has 0 fully saturated rings. The number of thiocarbonyl (C=S) groups is 2. The molecule has 0 saturated heterocycles. The van der Waals surface area contributed by atoms with E-state index >= 15 is 0 Å². The van der Waals surface area contributed by atoms with Crippen LogP contribution in [0.5, 0.6) is 0 Å². The molecular weight excluding hydrogens is 360 g/mol. The van der Waals surface area contributed by atoms with Crippen LogP contribution in [0.2, 0.25) is 0 Å². The summed E-state index contributed by atoms with van der Waals surface area (Å²) in [6.07, 6.45) is 0. The van der Waals surface area contributed by atoms with E-state index in [1.807, 2.05) is 36.4 Å². The van der Waals surface area contributed by atoms with Crippen LogP contribution in [-0.4, -0.2) is 13.7 Å². The molecule has 0 bridgehead atoms. The van der Waals surface area contributed by atoms with Gasteiger partial charge in [-0.25, -0.2) is 0 Å². The van der Waals surface area contributed by atoms with Crippen molar-refractivity contribution >= 4 is 56.6 Å². The lowest BCUT2D eigenvalue weighted by atomic mass is 10.2. The Balaban J connectivity index is 1.57. The number of hydrogen-bond donors (Lipinski definition) is 2. The van der Waals surface area contributed by atoms with Gasteiger partial charge in [-0.3, -0.25) is 0 Å². The first-order valence-electron chi connectivity index (χ1n) is 7.13. The Morgan fingerprint density at radius 1 is 0.696 bits per heavy atom. The first-order valence-corrected chi connectivity index (χ1v) is 9.92. The molecule has 0 aliphatic rings. The molecule has 120 valence electrons. The van der Waals surface area contributed by atoms with Gasteiger partial charge in [0.05, 0.1) is 5.08 Å².